The van der Waals surface area contributed by atoms with Crippen LogP contribution in [0.2, 0.25) is 0 Å². The van der Waals surface area contributed by atoms with Gasteiger partial charge in [0.2, 0.25) is 0 Å². The van der Waals surface area contributed by atoms with Gasteiger partial charge in [0.15, 0.2) is 0 Å². The standard InChI is InChI=1S/C25H32N6O4/c1-4-34-22(32)16-30-8-10-31(11-9-30)20-13-21-17(14-25(2,3)35-21)12-19(20)29-24(33)18(15-26)23-27-6-5-7-28-23/h5-7,12-13,15,26-27H,4,8-11,14,16H2,1-3H3,(H,29,33)/b23-18-,26-15?. The lowest BCUT2D eigenvalue weighted by atomic mass is 10.0. The molecule has 4 rings (SSSR count). The van der Waals surface area contributed by atoms with Gasteiger partial charge in [-0.05, 0) is 32.9 Å². The van der Waals surface area contributed by atoms with Crippen molar-refractivity contribution < 1.29 is 19.1 Å². The maximum atomic E-state index is 13.2. The number of nitrogens with one attached hydrogen (secondary N) is 3. The van der Waals surface area contributed by atoms with Crippen molar-refractivity contribution >= 4 is 35.7 Å². The number of ether oxygens (including phenoxy) is 2. The Labute approximate surface area is 205 Å². The SMILES string of the molecule is CCOC(=O)CN1CCN(c2cc3c(cc2NC(=O)/C(C=N)=C2\N=CC=CN2)CC(C)(C)O3)CC1. The molecule has 0 aliphatic carbocycles. The number of carbonyl (C=O) groups excluding carboxylic acids is 2. The summed E-state index contributed by atoms with van der Waals surface area (Å²) in [6.45, 7) is 9.26. The van der Waals surface area contributed by atoms with Crippen LogP contribution in [-0.2, 0) is 20.7 Å². The van der Waals surface area contributed by atoms with Crippen LogP contribution in [0.3, 0.4) is 0 Å². The first-order valence-electron chi connectivity index (χ1n) is 11.8. The molecule has 0 spiro atoms. The van der Waals surface area contributed by atoms with Crippen molar-refractivity contribution in [2.24, 2.45) is 4.99 Å². The second-order valence-corrected chi connectivity index (χ2v) is 9.23. The number of nitrogens with zero attached hydrogens (tertiary/aromatic N) is 3. The molecule has 186 valence electrons. The van der Waals surface area contributed by atoms with Crippen LogP contribution in [-0.4, -0.2) is 74.1 Å². The van der Waals surface area contributed by atoms with Crippen LogP contribution in [0.5, 0.6) is 5.75 Å². The first-order valence-corrected chi connectivity index (χ1v) is 11.8. The molecule has 3 N–H and O–H groups in total. The fourth-order valence-corrected chi connectivity index (χ4v) is 4.44. The van der Waals surface area contributed by atoms with Gasteiger partial charge >= 0.3 is 5.97 Å². The average Bonchev–Trinajstić information content (AvgIpc) is 3.13. The maximum absolute atomic E-state index is 13.2. The van der Waals surface area contributed by atoms with Crippen molar-refractivity contribution in [3.05, 3.63) is 41.4 Å². The summed E-state index contributed by atoms with van der Waals surface area (Å²) in [6, 6.07) is 3.95. The summed E-state index contributed by atoms with van der Waals surface area (Å²) in [5.74, 6) is 0.490. The van der Waals surface area contributed by atoms with Crippen LogP contribution in [0.1, 0.15) is 26.3 Å². The van der Waals surface area contributed by atoms with Crippen LogP contribution < -0.4 is 20.3 Å². The monoisotopic (exact) mass is 480 g/mol. The molecule has 0 bridgehead atoms. The quantitative estimate of drug-likeness (QED) is 0.311. The van der Waals surface area contributed by atoms with E-state index in [1.54, 1.807) is 25.4 Å². The summed E-state index contributed by atoms with van der Waals surface area (Å²) in [4.78, 5) is 33.5. The number of carbonyl (C=O) groups is 2. The highest BCUT2D eigenvalue weighted by molar-refractivity contribution is 6.18. The smallest absolute Gasteiger partial charge is 0.320 e. The van der Waals surface area contributed by atoms with E-state index >= 15 is 0 Å². The molecule has 35 heavy (non-hydrogen) atoms. The van der Waals surface area contributed by atoms with Crippen molar-refractivity contribution in [3.8, 4) is 5.75 Å². The second kappa shape index (κ2) is 10.3. The summed E-state index contributed by atoms with van der Waals surface area (Å²) >= 11 is 0. The minimum atomic E-state index is -0.421. The molecule has 3 aliphatic heterocycles. The molecule has 0 saturated carbocycles. The number of anilines is 2. The summed E-state index contributed by atoms with van der Waals surface area (Å²) < 4.78 is 11.2. The third-order valence-corrected chi connectivity index (χ3v) is 6.05. The van der Waals surface area contributed by atoms with Gasteiger partial charge in [-0.25, -0.2) is 4.99 Å². The lowest BCUT2D eigenvalue weighted by Crippen LogP contribution is -2.48. The zero-order chi connectivity index (χ0) is 25.0. The fraction of sp³-hybridized carbons (Fsp3) is 0.440. The van der Waals surface area contributed by atoms with Gasteiger partial charge in [0.05, 0.1) is 30.1 Å². The lowest BCUT2D eigenvalue weighted by Gasteiger charge is -2.36. The van der Waals surface area contributed by atoms with Gasteiger partial charge in [-0.15, -0.1) is 0 Å². The highest BCUT2D eigenvalue weighted by Crippen LogP contribution is 2.42. The number of hydrogen-bond donors (Lipinski definition) is 3. The van der Waals surface area contributed by atoms with Crippen LogP contribution in [0.4, 0.5) is 11.4 Å². The zero-order valence-corrected chi connectivity index (χ0v) is 20.4. The van der Waals surface area contributed by atoms with E-state index in [4.69, 9.17) is 14.9 Å². The molecule has 3 heterocycles. The highest BCUT2D eigenvalue weighted by atomic mass is 16.5. The number of esters is 1. The molecule has 10 heteroatoms. The summed E-state index contributed by atoms with van der Waals surface area (Å²) in [5.41, 5.74) is 2.34. The van der Waals surface area contributed by atoms with Crippen molar-refractivity contribution in [1.29, 1.82) is 5.41 Å². The Morgan fingerprint density at radius 1 is 1.29 bits per heavy atom. The van der Waals surface area contributed by atoms with E-state index in [0.29, 0.717) is 44.3 Å². The number of aliphatic imine (C=N–C) groups is 1. The fourth-order valence-electron chi connectivity index (χ4n) is 4.44. The maximum Gasteiger partial charge on any atom is 0.320 e. The largest absolute Gasteiger partial charge is 0.487 e. The van der Waals surface area contributed by atoms with Crippen LogP contribution in [0.25, 0.3) is 0 Å². The average molecular weight is 481 g/mol. The van der Waals surface area contributed by atoms with Gasteiger partial charge in [-0.1, -0.05) is 0 Å². The molecule has 0 radical (unpaired) electrons. The molecular formula is C25H32N6O4. The summed E-state index contributed by atoms with van der Waals surface area (Å²) in [7, 11) is 0. The molecule has 3 aliphatic rings. The number of piperazine rings is 1. The topological polar surface area (TPSA) is 119 Å². The van der Waals surface area contributed by atoms with Gasteiger partial charge in [0.1, 0.15) is 17.2 Å². The Balaban J connectivity index is 1.57. The van der Waals surface area contributed by atoms with E-state index in [-0.39, 0.29) is 23.7 Å². The second-order valence-electron chi connectivity index (χ2n) is 9.23. The van der Waals surface area contributed by atoms with Gasteiger partial charge in [0.25, 0.3) is 5.91 Å². The van der Waals surface area contributed by atoms with Crippen LogP contribution in [0, 0.1) is 5.41 Å². The van der Waals surface area contributed by atoms with Gasteiger partial charge in [-0.3, -0.25) is 14.5 Å². The van der Waals surface area contributed by atoms with Crippen molar-refractivity contribution in [3.63, 3.8) is 0 Å². The normalized spacial score (nSPS) is 19.9. The van der Waals surface area contributed by atoms with E-state index in [1.165, 1.54) is 0 Å². The van der Waals surface area contributed by atoms with Crippen LogP contribution >= 0.6 is 0 Å². The lowest BCUT2D eigenvalue weighted by molar-refractivity contribution is -0.144. The third kappa shape index (κ3) is 5.71. The minimum Gasteiger partial charge on any atom is -0.487 e. The highest BCUT2D eigenvalue weighted by Gasteiger charge is 2.33. The molecule has 1 aromatic carbocycles. The third-order valence-electron chi connectivity index (χ3n) is 6.05. The first kappa shape index (κ1) is 24.5. The summed E-state index contributed by atoms with van der Waals surface area (Å²) in [6.07, 6.45) is 6.67. The number of rotatable bonds is 7. The summed E-state index contributed by atoms with van der Waals surface area (Å²) in [5, 5.41) is 13.7. The van der Waals surface area contributed by atoms with Gasteiger partial charge in [0, 0.05) is 62.9 Å². The molecule has 1 aromatic rings. The Morgan fingerprint density at radius 2 is 2.06 bits per heavy atom. The van der Waals surface area contributed by atoms with E-state index in [1.807, 2.05) is 26.0 Å². The van der Waals surface area contributed by atoms with Crippen molar-refractivity contribution in [1.82, 2.24) is 10.2 Å². The molecule has 1 fully saturated rings. The molecule has 0 atom stereocenters. The molecule has 0 unspecified atom stereocenters. The number of amides is 1. The van der Waals surface area contributed by atoms with Crippen molar-refractivity contribution in [2.45, 2.75) is 32.8 Å². The Morgan fingerprint density at radius 3 is 2.71 bits per heavy atom. The first-order chi connectivity index (χ1) is 16.8. The predicted octanol–water partition coefficient (Wildman–Crippen LogP) is 2.07. The zero-order valence-electron chi connectivity index (χ0n) is 20.4. The Bertz CT molecular complexity index is 1100. The van der Waals surface area contributed by atoms with Gasteiger partial charge < -0.3 is 30.4 Å². The van der Waals surface area contributed by atoms with Crippen LogP contribution in [0.15, 0.2) is 40.8 Å². The van der Waals surface area contributed by atoms with E-state index in [0.717, 1.165) is 29.6 Å². The number of fused-ring (bicyclic) bond motifs is 1. The molecule has 1 amide bonds. The van der Waals surface area contributed by atoms with Gasteiger partial charge in [-0.2, -0.15) is 0 Å². The number of hydrogen-bond acceptors (Lipinski definition) is 9. The Kier molecular flexibility index (Phi) is 7.20. The molecule has 10 nitrogen and oxygen atoms in total. The Hall–Kier alpha value is -3.66. The van der Waals surface area contributed by atoms with E-state index < -0.39 is 5.91 Å². The van der Waals surface area contributed by atoms with Crippen molar-refractivity contribution in [2.75, 3.05) is 49.5 Å². The van der Waals surface area contributed by atoms with E-state index in [2.05, 4.69) is 25.4 Å². The predicted molar refractivity (Wildman–Crippen MR) is 135 cm³/mol. The number of benzene rings is 1. The molecular weight excluding hydrogens is 448 g/mol. The molecule has 0 aromatic heterocycles. The minimum absolute atomic E-state index is 0.132. The van der Waals surface area contributed by atoms with E-state index in [9.17, 15) is 9.59 Å². The molecule has 1 saturated heterocycles. The number of allylic oxidation sites excluding steroid dienone is 1.